The second kappa shape index (κ2) is 8.71. The normalized spacial score (nSPS) is 10.8. The number of Topliss-reactive ketones (excluding diaryl/α,β-unsaturated/α-hetero) is 1. The summed E-state index contributed by atoms with van der Waals surface area (Å²) in [6.45, 7) is 1.54. The Hall–Kier alpha value is -1.40. The standard InChI is InChI=1S/C14H16O4S2/c1-10(15)19-9-3-2-4-11-5-7-13(20-11)12(16)6-8-14(17)18/h2,4-5,7H,3,6,8-9H2,1H3,(H,17,18). The molecule has 1 rings (SSSR count). The van der Waals surface area contributed by atoms with Crippen LogP contribution in [0.25, 0.3) is 6.08 Å². The van der Waals surface area contributed by atoms with Crippen molar-refractivity contribution in [3.63, 3.8) is 0 Å². The maximum atomic E-state index is 11.7. The summed E-state index contributed by atoms with van der Waals surface area (Å²) in [6, 6.07) is 3.56. The number of allylic oxidation sites excluding steroid dienone is 1. The van der Waals surface area contributed by atoms with Gasteiger partial charge in [0.2, 0.25) is 0 Å². The lowest BCUT2D eigenvalue weighted by Gasteiger charge is -1.93. The van der Waals surface area contributed by atoms with Gasteiger partial charge in [0, 0.05) is 24.0 Å². The van der Waals surface area contributed by atoms with Crippen LogP contribution in [-0.4, -0.2) is 27.7 Å². The highest BCUT2D eigenvalue weighted by Gasteiger charge is 2.10. The third kappa shape index (κ3) is 6.68. The van der Waals surface area contributed by atoms with Crippen molar-refractivity contribution in [2.75, 3.05) is 5.75 Å². The third-order valence-electron chi connectivity index (χ3n) is 2.34. The molecule has 0 aromatic carbocycles. The maximum absolute atomic E-state index is 11.7. The Morgan fingerprint density at radius 3 is 2.70 bits per heavy atom. The van der Waals surface area contributed by atoms with Crippen LogP contribution in [0.4, 0.5) is 0 Å². The molecule has 0 aliphatic rings. The van der Waals surface area contributed by atoms with Crippen molar-refractivity contribution in [1.29, 1.82) is 0 Å². The maximum Gasteiger partial charge on any atom is 0.303 e. The molecule has 0 amide bonds. The quantitative estimate of drug-likeness (QED) is 0.588. The zero-order valence-corrected chi connectivity index (χ0v) is 12.8. The number of carbonyl (C=O) groups excluding carboxylic acids is 2. The van der Waals surface area contributed by atoms with E-state index in [4.69, 9.17) is 5.11 Å². The molecule has 0 unspecified atom stereocenters. The molecule has 4 nitrogen and oxygen atoms in total. The molecule has 1 aromatic rings. The first-order valence-electron chi connectivity index (χ1n) is 6.14. The van der Waals surface area contributed by atoms with Crippen molar-refractivity contribution in [2.24, 2.45) is 0 Å². The largest absolute Gasteiger partial charge is 0.481 e. The van der Waals surface area contributed by atoms with Gasteiger partial charge in [-0.15, -0.1) is 11.3 Å². The van der Waals surface area contributed by atoms with E-state index in [1.165, 1.54) is 23.1 Å². The number of carboxylic acid groups (broad SMARTS) is 1. The first-order valence-corrected chi connectivity index (χ1v) is 7.94. The summed E-state index contributed by atoms with van der Waals surface area (Å²) >= 11 is 2.64. The Bertz CT molecular complexity index is 517. The van der Waals surface area contributed by atoms with E-state index in [1.807, 2.05) is 18.2 Å². The highest BCUT2D eigenvalue weighted by Crippen LogP contribution is 2.20. The summed E-state index contributed by atoms with van der Waals surface area (Å²) in [6.07, 6.45) is 4.58. The SMILES string of the molecule is CC(=O)SCCC=Cc1ccc(C(=O)CCC(=O)O)s1. The molecule has 0 aliphatic carbocycles. The lowest BCUT2D eigenvalue weighted by atomic mass is 10.2. The number of aliphatic carboxylic acids is 1. The van der Waals surface area contributed by atoms with Crippen LogP contribution in [0.15, 0.2) is 18.2 Å². The number of ketones is 1. The molecule has 0 radical (unpaired) electrons. The lowest BCUT2D eigenvalue weighted by molar-refractivity contribution is -0.136. The molecule has 108 valence electrons. The fourth-order valence-corrected chi connectivity index (χ4v) is 2.85. The molecule has 1 N–H and O–H groups in total. The molecule has 0 saturated carbocycles. The Balaban J connectivity index is 2.42. The second-order valence-electron chi connectivity index (χ2n) is 4.05. The number of carboxylic acids is 1. The summed E-state index contributed by atoms with van der Waals surface area (Å²) in [5, 5.41) is 8.65. The molecular weight excluding hydrogens is 296 g/mol. The number of hydrogen-bond acceptors (Lipinski definition) is 5. The summed E-state index contributed by atoms with van der Waals surface area (Å²) in [5.41, 5.74) is 0. The molecule has 6 heteroatoms. The van der Waals surface area contributed by atoms with Crippen LogP contribution in [0.3, 0.4) is 0 Å². The minimum atomic E-state index is -0.960. The number of rotatable bonds is 8. The number of carbonyl (C=O) groups is 3. The number of thioether (sulfide) groups is 1. The molecular formula is C14H16O4S2. The lowest BCUT2D eigenvalue weighted by Crippen LogP contribution is -2.01. The van der Waals surface area contributed by atoms with Crippen molar-refractivity contribution < 1.29 is 19.5 Å². The average Bonchev–Trinajstić information content (AvgIpc) is 2.84. The van der Waals surface area contributed by atoms with Gasteiger partial charge in [-0.3, -0.25) is 14.4 Å². The zero-order valence-electron chi connectivity index (χ0n) is 11.1. The van der Waals surface area contributed by atoms with Gasteiger partial charge in [0.05, 0.1) is 11.3 Å². The summed E-state index contributed by atoms with van der Waals surface area (Å²) in [4.78, 5) is 34.4. The summed E-state index contributed by atoms with van der Waals surface area (Å²) < 4.78 is 0. The first-order chi connectivity index (χ1) is 9.49. The van der Waals surface area contributed by atoms with Gasteiger partial charge in [-0.05, 0) is 24.6 Å². The fraction of sp³-hybridized carbons (Fsp3) is 0.357. The van der Waals surface area contributed by atoms with Gasteiger partial charge in [-0.2, -0.15) is 0 Å². The van der Waals surface area contributed by atoms with Gasteiger partial charge in [0.15, 0.2) is 10.9 Å². The van der Waals surface area contributed by atoms with Crippen molar-refractivity contribution >= 4 is 46.0 Å². The van der Waals surface area contributed by atoms with E-state index < -0.39 is 5.97 Å². The van der Waals surface area contributed by atoms with E-state index in [0.29, 0.717) is 4.88 Å². The second-order valence-corrected chi connectivity index (χ2v) is 6.44. The smallest absolute Gasteiger partial charge is 0.303 e. The number of thiophene rings is 1. The van der Waals surface area contributed by atoms with Crippen LogP contribution in [0, 0.1) is 0 Å². The van der Waals surface area contributed by atoms with Crippen LogP contribution >= 0.6 is 23.1 Å². The minimum Gasteiger partial charge on any atom is -0.481 e. The van der Waals surface area contributed by atoms with Crippen molar-refractivity contribution in [3.05, 3.63) is 28.0 Å². The first kappa shape index (κ1) is 16.7. The van der Waals surface area contributed by atoms with E-state index in [0.717, 1.165) is 17.1 Å². The minimum absolute atomic E-state index is 0.0360. The van der Waals surface area contributed by atoms with Crippen LogP contribution in [-0.2, 0) is 9.59 Å². The average molecular weight is 312 g/mol. The van der Waals surface area contributed by atoms with E-state index >= 15 is 0 Å². The topological polar surface area (TPSA) is 71.4 Å². The Labute approximate surface area is 125 Å². The van der Waals surface area contributed by atoms with Gasteiger partial charge < -0.3 is 5.11 Å². The predicted octanol–water partition coefficient (Wildman–Crippen LogP) is 3.48. The van der Waals surface area contributed by atoms with E-state index in [2.05, 4.69) is 0 Å². The highest BCUT2D eigenvalue weighted by molar-refractivity contribution is 8.13. The molecule has 0 bridgehead atoms. The zero-order chi connectivity index (χ0) is 15.0. The van der Waals surface area contributed by atoms with Gasteiger partial charge >= 0.3 is 5.97 Å². The van der Waals surface area contributed by atoms with Crippen LogP contribution in [0.1, 0.15) is 40.7 Å². The molecule has 1 heterocycles. The highest BCUT2D eigenvalue weighted by atomic mass is 32.2. The van der Waals surface area contributed by atoms with Gasteiger partial charge in [-0.25, -0.2) is 0 Å². The molecule has 0 aliphatic heterocycles. The monoisotopic (exact) mass is 312 g/mol. The van der Waals surface area contributed by atoms with Gasteiger partial charge in [-0.1, -0.05) is 17.8 Å². The fourth-order valence-electron chi connectivity index (χ4n) is 1.41. The van der Waals surface area contributed by atoms with Crippen molar-refractivity contribution in [2.45, 2.75) is 26.2 Å². The van der Waals surface area contributed by atoms with Crippen LogP contribution in [0.5, 0.6) is 0 Å². The predicted molar refractivity (Wildman–Crippen MR) is 82.3 cm³/mol. The Kier molecular flexibility index (Phi) is 7.25. The van der Waals surface area contributed by atoms with Crippen molar-refractivity contribution in [1.82, 2.24) is 0 Å². The van der Waals surface area contributed by atoms with E-state index in [9.17, 15) is 14.4 Å². The third-order valence-corrected chi connectivity index (χ3v) is 4.28. The molecule has 20 heavy (non-hydrogen) atoms. The molecule has 0 fully saturated rings. The summed E-state index contributed by atoms with van der Waals surface area (Å²) in [7, 11) is 0. The molecule has 0 saturated heterocycles. The molecule has 1 aromatic heterocycles. The van der Waals surface area contributed by atoms with E-state index in [1.54, 1.807) is 13.0 Å². The summed E-state index contributed by atoms with van der Waals surface area (Å²) in [5.74, 6) is -0.344. The van der Waals surface area contributed by atoms with Crippen LogP contribution < -0.4 is 0 Å². The number of hydrogen-bond donors (Lipinski definition) is 1. The molecule has 0 spiro atoms. The Morgan fingerprint density at radius 2 is 2.05 bits per heavy atom. The molecule has 0 atom stereocenters. The van der Waals surface area contributed by atoms with Crippen molar-refractivity contribution in [3.8, 4) is 0 Å². The van der Waals surface area contributed by atoms with E-state index in [-0.39, 0.29) is 23.7 Å². The van der Waals surface area contributed by atoms with Gasteiger partial charge in [0.25, 0.3) is 0 Å². The van der Waals surface area contributed by atoms with Gasteiger partial charge in [0.1, 0.15) is 0 Å². The van der Waals surface area contributed by atoms with Crippen LogP contribution in [0.2, 0.25) is 0 Å². The Morgan fingerprint density at radius 1 is 1.30 bits per heavy atom.